The van der Waals surface area contributed by atoms with Crippen molar-refractivity contribution in [3.05, 3.63) is 60.1 Å². The molecule has 1 aliphatic heterocycles. The lowest BCUT2D eigenvalue weighted by atomic mass is 10.2. The maximum Gasteiger partial charge on any atom is 0.416 e. The third-order valence-corrected chi connectivity index (χ3v) is 5.06. The summed E-state index contributed by atoms with van der Waals surface area (Å²) in [4.78, 5) is 26.4. The fourth-order valence-electron chi connectivity index (χ4n) is 3.29. The van der Waals surface area contributed by atoms with Crippen LogP contribution in [0.15, 0.2) is 53.2 Å². The predicted molar refractivity (Wildman–Crippen MR) is 105 cm³/mol. The standard InChI is InChI=1S/C21H22F3N3O3.ClH/c1-27(15-19(28)25-17-5-2-4-16(14-17)21(22,23)24)11-9-26(10-12-27)20(29)8-7-18-6-3-13-30-18;/h2-8,13-14H,9-12,15H2,1H3;1H. The fraction of sp³-hybridized carbons (Fsp3) is 0.333. The van der Waals surface area contributed by atoms with Crippen molar-refractivity contribution in [3.63, 3.8) is 0 Å². The fourth-order valence-corrected chi connectivity index (χ4v) is 3.29. The highest BCUT2D eigenvalue weighted by molar-refractivity contribution is 5.92. The predicted octanol–water partition coefficient (Wildman–Crippen LogP) is 0.243. The average Bonchev–Trinajstić information content (AvgIpc) is 3.19. The number of nitrogens with zero attached hydrogens (tertiary/aromatic N) is 2. The Kier molecular flexibility index (Phi) is 7.91. The Morgan fingerprint density at radius 3 is 2.52 bits per heavy atom. The molecule has 1 fully saturated rings. The number of alkyl halides is 3. The zero-order valence-electron chi connectivity index (χ0n) is 16.9. The Bertz CT molecular complexity index is 921. The van der Waals surface area contributed by atoms with Crippen LogP contribution >= 0.6 is 0 Å². The first-order chi connectivity index (χ1) is 14.1. The molecule has 168 valence electrons. The van der Waals surface area contributed by atoms with Crippen LogP contribution in [-0.2, 0) is 15.8 Å². The van der Waals surface area contributed by atoms with Crippen LogP contribution in [0.2, 0.25) is 0 Å². The van der Waals surface area contributed by atoms with Gasteiger partial charge in [-0.3, -0.25) is 9.59 Å². The number of furan rings is 1. The number of amides is 2. The molecule has 2 aromatic rings. The second-order valence-corrected chi connectivity index (χ2v) is 7.53. The van der Waals surface area contributed by atoms with Gasteiger partial charge >= 0.3 is 6.18 Å². The van der Waals surface area contributed by atoms with Gasteiger partial charge in [0.05, 0.1) is 45.1 Å². The number of carbonyl (C=O) groups is 2. The van der Waals surface area contributed by atoms with Gasteiger partial charge in [-0.25, -0.2) is 0 Å². The Morgan fingerprint density at radius 1 is 1.19 bits per heavy atom. The summed E-state index contributed by atoms with van der Waals surface area (Å²) in [5, 5.41) is 2.54. The number of halogens is 4. The summed E-state index contributed by atoms with van der Waals surface area (Å²) in [5.41, 5.74) is -0.700. The van der Waals surface area contributed by atoms with Crippen molar-refractivity contribution in [3.8, 4) is 0 Å². The van der Waals surface area contributed by atoms with E-state index in [0.717, 1.165) is 12.1 Å². The van der Waals surface area contributed by atoms with E-state index in [0.29, 0.717) is 36.4 Å². The third kappa shape index (κ3) is 6.86. The molecule has 0 bridgehead atoms. The number of benzene rings is 1. The maximum atomic E-state index is 12.8. The first-order valence-electron chi connectivity index (χ1n) is 9.46. The van der Waals surface area contributed by atoms with E-state index in [1.54, 1.807) is 23.1 Å². The van der Waals surface area contributed by atoms with Crippen molar-refractivity contribution in [2.75, 3.05) is 45.1 Å². The van der Waals surface area contributed by atoms with Gasteiger partial charge in [0.2, 0.25) is 5.91 Å². The molecular weight excluding hydrogens is 435 g/mol. The number of hydrogen-bond acceptors (Lipinski definition) is 3. The zero-order valence-corrected chi connectivity index (χ0v) is 17.6. The minimum Gasteiger partial charge on any atom is -1.00 e. The Labute approximate surface area is 184 Å². The zero-order chi connectivity index (χ0) is 21.8. The number of nitrogens with one attached hydrogen (secondary N) is 1. The summed E-state index contributed by atoms with van der Waals surface area (Å²) in [7, 11) is 1.90. The number of anilines is 1. The molecule has 2 amide bonds. The molecule has 6 nitrogen and oxygen atoms in total. The van der Waals surface area contributed by atoms with E-state index in [1.807, 2.05) is 7.05 Å². The van der Waals surface area contributed by atoms with Crippen molar-refractivity contribution >= 4 is 23.6 Å². The van der Waals surface area contributed by atoms with Gasteiger partial charge in [-0.2, -0.15) is 13.2 Å². The molecule has 1 N–H and O–H groups in total. The van der Waals surface area contributed by atoms with E-state index < -0.39 is 11.7 Å². The summed E-state index contributed by atoms with van der Waals surface area (Å²) in [5.74, 6) is 0.0904. The van der Waals surface area contributed by atoms with E-state index >= 15 is 0 Å². The first-order valence-corrected chi connectivity index (χ1v) is 9.46. The van der Waals surface area contributed by atoms with Gasteiger partial charge < -0.3 is 31.5 Å². The molecular formula is C21H23ClF3N3O3. The molecule has 31 heavy (non-hydrogen) atoms. The minimum absolute atomic E-state index is 0. The molecule has 0 aliphatic carbocycles. The largest absolute Gasteiger partial charge is 1.00 e. The minimum atomic E-state index is -4.46. The van der Waals surface area contributed by atoms with Crippen LogP contribution in [0.4, 0.5) is 18.9 Å². The molecule has 1 saturated heterocycles. The Hall–Kier alpha value is -2.78. The molecule has 0 atom stereocenters. The van der Waals surface area contributed by atoms with Gasteiger partial charge in [0, 0.05) is 11.8 Å². The lowest BCUT2D eigenvalue weighted by Crippen LogP contribution is -3.00. The van der Waals surface area contributed by atoms with E-state index in [9.17, 15) is 22.8 Å². The summed E-state index contributed by atoms with van der Waals surface area (Å²) in [6.07, 6.45) is 0.119. The van der Waals surface area contributed by atoms with E-state index in [1.165, 1.54) is 24.5 Å². The van der Waals surface area contributed by atoms with Crippen LogP contribution in [0.1, 0.15) is 11.3 Å². The van der Waals surface area contributed by atoms with Crippen LogP contribution in [0.3, 0.4) is 0 Å². The van der Waals surface area contributed by atoms with E-state index in [2.05, 4.69) is 5.32 Å². The van der Waals surface area contributed by atoms with Gasteiger partial charge in [-0.05, 0) is 36.4 Å². The smallest absolute Gasteiger partial charge is 0.416 e. The normalized spacial score (nSPS) is 16.1. The second-order valence-electron chi connectivity index (χ2n) is 7.53. The summed E-state index contributed by atoms with van der Waals surface area (Å²) in [6, 6.07) is 8.04. The van der Waals surface area contributed by atoms with Crippen LogP contribution in [-0.4, -0.2) is 61.0 Å². The highest BCUT2D eigenvalue weighted by Crippen LogP contribution is 2.30. The molecule has 1 aromatic carbocycles. The quantitative estimate of drug-likeness (QED) is 0.517. The molecule has 0 radical (unpaired) electrons. The van der Waals surface area contributed by atoms with Crippen LogP contribution in [0, 0.1) is 0 Å². The summed E-state index contributed by atoms with van der Waals surface area (Å²) >= 11 is 0. The topological polar surface area (TPSA) is 62.6 Å². The number of hydrogen-bond donors (Lipinski definition) is 1. The number of likely N-dealkylation sites (N-methyl/N-ethyl adjacent to an activating group) is 1. The van der Waals surface area contributed by atoms with Crippen molar-refractivity contribution in [2.45, 2.75) is 6.18 Å². The molecule has 3 rings (SSSR count). The van der Waals surface area contributed by atoms with Crippen molar-refractivity contribution in [1.29, 1.82) is 0 Å². The van der Waals surface area contributed by atoms with E-state index in [-0.39, 0.29) is 36.5 Å². The lowest BCUT2D eigenvalue weighted by molar-refractivity contribution is -0.905. The molecule has 0 unspecified atom stereocenters. The number of rotatable bonds is 5. The SMILES string of the molecule is C[N+]1(CC(=O)Nc2cccc(C(F)(F)F)c2)CCN(C(=O)C=Cc2ccco2)CC1.[Cl-]. The summed E-state index contributed by atoms with van der Waals surface area (Å²) < 4.78 is 44.0. The van der Waals surface area contributed by atoms with Crippen molar-refractivity contribution in [2.24, 2.45) is 0 Å². The van der Waals surface area contributed by atoms with Crippen molar-refractivity contribution < 1.29 is 44.1 Å². The molecule has 2 heterocycles. The van der Waals surface area contributed by atoms with Crippen LogP contribution in [0.5, 0.6) is 0 Å². The highest BCUT2D eigenvalue weighted by Gasteiger charge is 2.33. The second kappa shape index (κ2) is 10.0. The average molecular weight is 458 g/mol. The molecule has 1 aromatic heterocycles. The highest BCUT2D eigenvalue weighted by atomic mass is 35.5. The van der Waals surface area contributed by atoms with Crippen LogP contribution in [0.25, 0.3) is 6.08 Å². The van der Waals surface area contributed by atoms with Crippen LogP contribution < -0.4 is 17.7 Å². The monoisotopic (exact) mass is 457 g/mol. The third-order valence-electron chi connectivity index (χ3n) is 5.06. The number of piperazine rings is 1. The van der Waals surface area contributed by atoms with E-state index in [4.69, 9.17) is 4.42 Å². The molecule has 0 spiro atoms. The molecule has 1 aliphatic rings. The molecule has 0 saturated carbocycles. The maximum absolute atomic E-state index is 12.8. The Morgan fingerprint density at radius 2 is 1.90 bits per heavy atom. The van der Waals surface area contributed by atoms with Gasteiger partial charge in [0.15, 0.2) is 6.54 Å². The lowest BCUT2D eigenvalue weighted by Gasteiger charge is -2.41. The van der Waals surface area contributed by atoms with Gasteiger partial charge in [0.25, 0.3) is 5.91 Å². The van der Waals surface area contributed by atoms with Gasteiger partial charge in [-0.15, -0.1) is 0 Å². The number of quaternary nitrogens is 1. The van der Waals surface area contributed by atoms with Gasteiger partial charge in [0.1, 0.15) is 5.76 Å². The van der Waals surface area contributed by atoms with Crippen molar-refractivity contribution in [1.82, 2.24) is 4.90 Å². The van der Waals surface area contributed by atoms with Gasteiger partial charge in [-0.1, -0.05) is 6.07 Å². The summed E-state index contributed by atoms with van der Waals surface area (Å²) in [6.45, 7) is 2.20. The first kappa shape index (κ1) is 24.5. The Balaban J connectivity index is 0.00000341. The number of carbonyl (C=O) groups excluding carboxylic acids is 2. The molecule has 10 heteroatoms.